The number of carbonyl (C=O) groups excluding carboxylic acids is 3. The van der Waals surface area contributed by atoms with Crippen LogP contribution in [0.15, 0.2) is 48.5 Å². The average molecular weight is 452 g/mol. The third kappa shape index (κ3) is 4.56. The number of hydrogen-bond donors (Lipinski definition) is 0. The molecule has 10 nitrogen and oxygen atoms in total. The molecule has 2 saturated heterocycles. The lowest BCUT2D eigenvalue weighted by molar-refractivity contribution is -0.384. The fourth-order valence-electron chi connectivity index (χ4n) is 4.21. The molecule has 2 aromatic rings. The fourth-order valence-corrected chi connectivity index (χ4v) is 4.21. The monoisotopic (exact) mass is 452 g/mol. The maximum Gasteiger partial charge on any atom is 0.338 e. The number of hydrogen-bond acceptors (Lipinski definition) is 8. The highest BCUT2D eigenvalue weighted by Crippen LogP contribution is 2.28. The molecule has 33 heavy (non-hydrogen) atoms. The second-order valence-corrected chi connectivity index (χ2v) is 7.85. The summed E-state index contributed by atoms with van der Waals surface area (Å²) in [5, 5.41) is 10.8. The highest BCUT2D eigenvalue weighted by Gasteiger charge is 2.43. The third-order valence-electron chi connectivity index (χ3n) is 5.94. The smallest absolute Gasteiger partial charge is 0.338 e. The maximum atomic E-state index is 13.1. The van der Waals surface area contributed by atoms with Crippen LogP contribution in [0.3, 0.4) is 0 Å². The summed E-state index contributed by atoms with van der Waals surface area (Å²) in [5.74, 6) is -0.994. The second-order valence-electron chi connectivity index (χ2n) is 7.85. The number of anilines is 2. The summed E-state index contributed by atoms with van der Waals surface area (Å²) in [6.45, 7) is 4.46. The molecule has 2 heterocycles. The summed E-state index contributed by atoms with van der Waals surface area (Å²) in [5.41, 5.74) is 1.73. The lowest BCUT2D eigenvalue weighted by Crippen LogP contribution is -2.52. The van der Waals surface area contributed by atoms with Crippen molar-refractivity contribution in [3.05, 3.63) is 64.2 Å². The van der Waals surface area contributed by atoms with Crippen LogP contribution < -0.4 is 9.80 Å². The zero-order chi connectivity index (χ0) is 23.5. The predicted molar refractivity (Wildman–Crippen MR) is 120 cm³/mol. The molecule has 0 bridgehead atoms. The van der Waals surface area contributed by atoms with E-state index in [0.29, 0.717) is 37.4 Å². The summed E-state index contributed by atoms with van der Waals surface area (Å²) < 4.78 is 4.96. The molecule has 0 aliphatic carbocycles. The minimum absolute atomic E-state index is 0.0443. The molecule has 2 amide bonds. The number of ether oxygens (including phenoxy) is 1. The zero-order valence-corrected chi connectivity index (χ0v) is 18.2. The van der Waals surface area contributed by atoms with Crippen LogP contribution in [0.4, 0.5) is 17.1 Å². The van der Waals surface area contributed by atoms with Crippen LogP contribution in [0, 0.1) is 10.1 Å². The largest absolute Gasteiger partial charge is 0.462 e. The molecule has 0 spiro atoms. The highest BCUT2D eigenvalue weighted by molar-refractivity contribution is 6.22. The molecule has 1 atom stereocenters. The summed E-state index contributed by atoms with van der Waals surface area (Å²) in [7, 11) is 0. The van der Waals surface area contributed by atoms with Crippen molar-refractivity contribution in [3.63, 3.8) is 0 Å². The molecule has 2 aliphatic heterocycles. The van der Waals surface area contributed by atoms with E-state index >= 15 is 0 Å². The Morgan fingerprint density at radius 3 is 2.18 bits per heavy atom. The number of benzene rings is 2. The molecule has 4 rings (SSSR count). The van der Waals surface area contributed by atoms with Crippen molar-refractivity contribution in [2.45, 2.75) is 19.4 Å². The van der Waals surface area contributed by atoms with E-state index in [2.05, 4.69) is 4.90 Å². The Morgan fingerprint density at radius 2 is 1.61 bits per heavy atom. The van der Waals surface area contributed by atoms with E-state index in [-0.39, 0.29) is 30.5 Å². The van der Waals surface area contributed by atoms with Crippen molar-refractivity contribution in [2.75, 3.05) is 42.6 Å². The number of piperazine rings is 1. The Bertz CT molecular complexity index is 1060. The van der Waals surface area contributed by atoms with E-state index in [1.165, 1.54) is 17.0 Å². The van der Waals surface area contributed by atoms with Crippen LogP contribution in [0.2, 0.25) is 0 Å². The number of carbonyl (C=O) groups is 3. The average Bonchev–Trinajstić information content (AvgIpc) is 3.13. The van der Waals surface area contributed by atoms with E-state index in [1.54, 1.807) is 43.3 Å². The molecule has 0 aromatic heterocycles. The Morgan fingerprint density at radius 1 is 1.00 bits per heavy atom. The number of imide groups is 1. The first-order chi connectivity index (χ1) is 15.9. The molecule has 10 heteroatoms. The Hall–Kier alpha value is -3.79. The minimum Gasteiger partial charge on any atom is -0.462 e. The van der Waals surface area contributed by atoms with Crippen molar-refractivity contribution < 1.29 is 24.0 Å². The lowest BCUT2D eigenvalue weighted by atomic mass is 10.1. The predicted octanol–water partition coefficient (Wildman–Crippen LogP) is 2.23. The molecule has 2 fully saturated rings. The van der Waals surface area contributed by atoms with Crippen LogP contribution in [0.1, 0.15) is 23.7 Å². The number of nitro benzene ring substituents is 1. The number of nitrogens with zero attached hydrogens (tertiary/aromatic N) is 4. The summed E-state index contributed by atoms with van der Waals surface area (Å²) in [6.07, 6.45) is 0.107. The van der Waals surface area contributed by atoms with Gasteiger partial charge in [-0.2, -0.15) is 0 Å². The lowest BCUT2D eigenvalue weighted by Gasteiger charge is -2.38. The van der Waals surface area contributed by atoms with Crippen LogP contribution >= 0.6 is 0 Å². The van der Waals surface area contributed by atoms with Gasteiger partial charge in [0.25, 0.3) is 11.6 Å². The van der Waals surface area contributed by atoms with E-state index in [0.717, 1.165) is 5.69 Å². The fraction of sp³-hybridized carbons (Fsp3) is 0.348. The molecule has 0 saturated carbocycles. The van der Waals surface area contributed by atoms with Gasteiger partial charge in [-0.3, -0.25) is 24.6 Å². The summed E-state index contributed by atoms with van der Waals surface area (Å²) in [4.78, 5) is 53.3. The topological polar surface area (TPSA) is 113 Å². The first-order valence-electron chi connectivity index (χ1n) is 10.8. The maximum absolute atomic E-state index is 13.1. The van der Waals surface area contributed by atoms with Gasteiger partial charge < -0.3 is 9.64 Å². The van der Waals surface area contributed by atoms with E-state index in [4.69, 9.17) is 4.74 Å². The van der Waals surface area contributed by atoms with Crippen molar-refractivity contribution >= 4 is 34.8 Å². The number of amides is 2. The van der Waals surface area contributed by atoms with Crippen molar-refractivity contribution in [3.8, 4) is 0 Å². The number of esters is 1. The van der Waals surface area contributed by atoms with E-state index < -0.39 is 16.9 Å². The zero-order valence-electron chi connectivity index (χ0n) is 18.2. The Kier molecular flexibility index (Phi) is 6.36. The first kappa shape index (κ1) is 22.4. The van der Waals surface area contributed by atoms with Gasteiger partial charge >= 0.3 is 5.97 Å². The van der Waals surface area contributed by atoms with Crippen LogP contribution in [0.5, 0.6) is 0 Å². The van der Waals surface area contributed by atoms with Crippen molar-refractivity contribution in [1.82, 2.24) is 4.90 Å². The van der Waals surface area contributed by atoms with Crippen LogP contribution in [-0.4, -0.2) is 66.4 Å². The van der Waals surface area contributed by atoms with Gasteiger partial charge in [0, 0.05) is 44.0 Å². The number of nitro groups is 1. The Balaban J connectivity index is 1.39. The van der Waals surface area contributed by atoms with Gasteiger partial charge in [-0.25, -0.2) is 9.69 Å². The van der Waals surface area contributed by atoms with Gasteiger partial charge in [0.1, 0.15) is 0 Å². The van der Waals surface area contributed by atoms with Gasteiger partial charge in [0.2, 0.25) is 5.91 Å². The molecule has 0 N–H and O–H groups in total. The van der Waals surface area contributed by atoms with Crippen molar-refractivity contribution in [2.24, 2.45) is 0 Å². The quantitative estimate of drug-likeness (QED) is 0.284. The Labute approximate surface area is 190 Å². The molecular formula is C23H24N4O6. The number of non-ortho nitro benzene ring substituents is 1. The third-order valence-corrected chi connectivity index (χ3v) is 5.94. The summed E-state index contributed by atoms with van der Waals surface area (Å²) >= 11 is 0. The summed E-state index contributed by atoms with van der Waals surface area (Å²) in [6, 6.07) is 12.1. The van der Waals surface area contributed by atoms with E-state index in [9.17, 15) is 24.5 Å². The molecule has 1 unspecified atom stereocenters. The van der Waals surface area contributed by atoms with Crippen molar-refractivity contribution in [1.29, 1.82) is 0 Å². The molecule has 172 valence electrons. The molecule has 0 radical (unpaired) electrons. The number of rotatable bonds is 6. The molecule has 2 aliphatic rings. The van der Waals surface area contributed by atoms with Gasteiger partial charge in [0.15, 0.2) is 0 Å². The van der Waals surface area contributed by atoms with Crippen LogP contribution in [0.25, 0.3) is 0 Å². The van der Waals surface area contributed by atoms with Crippen LogP contribution in [-0.2, 0) is 14.3 Å². The van der Waals surface area contributed by atoms with E-state index in [1.807, 2.05) is 4.90 Å². The molecular weight excluding hydrogens is 428 g/mol. The second kappa shape index (κ2) is 9.37. The SMILES string of the molecule is CCOC(=O)c1ccc(N2C(=O)CC(N3CCN(c4ccc([N+](=O)[O-])cc4)CC3)C2=O)cc1. The normalized spacial score (nSPS) is 19.1. The standard InChI is InChI=1S/C23H24N4O6/c1-2-33-23(30)16-3-5-18(6-4-16)26-21(28)15-20(22(26)29)25-13-11-24(12-14-25)17-7-9-19(10-8-17)27(31)32/h3-10,20H,2,11-15H2,1H3. The van der Waals surface area contributed by atoms with Gasteiger partial charge in [0.05, 0.1) is 35.2 Å². The van der Waals surface area contributed by atoms with Gasteiger partial charge in [-0.05, 0) is 43.3 Å². The molecule has 2 aromatic carbocycles. The highest BCUT2D eigenvalue weighted by atomic mass is 16.6. The first-order valence-corrected chi connectivity index (χ1v) is 10.8. The van der Waals surface area contributed by atoms with Gasteiger partial charge in [-0.1, -0.05) is 0 Å². The minimum atomic E-state index is -0.527. The van der Waals surface area contributed by atoms with Gasteiger partial charge in [-0.15, -0.1) is 0 Å².